The molecule has 0 saturated carbocycles. The normalized spacial score (nSPS) is 12.2. The van der Waals surface area contributed by atoms with E-state index in [9.17, 15) is 4.79 Å². The summed E-state index contributed by atoms with van der Waals surface area (Å²) in [6.07, 6.45) is 1.79. The average molecular weight is 285 g/mol. The number of carbonyl (C=O) groups is 1. The first-order valence-corrected chi connectivity index (χ1v) is 6.10. The minimum Gasteiger partial charge on any atom is -0.328 e. The quantitative estimate of drug-likeness (QED) is 0.893. The molecule has 1 unspecified atom stereocenters. The molecule has 0 fully saturated rings. The Hall–Kier alpha value is -0.870. The van der Waals surface area contributed by atoms with Crippen molar-refractivity contribution in [2.45, 2.75) is 32.7 Å². The van der Waals surface area contributed by atoms with E-state index in [2.05, 4.69) is 21.2 Å². The van der Waals surface area contributed by atoms with Gasteiger partial charge in [-0.1, -0.05) is 22.0 Å². The molecule has 0 radical (unpaired) electrons. The van der Waals surface area contributed by atoms with Crippen LogP contribution in [0.1, 0.15) is 25.8 Å². The highest BCUT2D eigenvalue weighted by Crippen LogP contribution is 2.23. The van der Waals surface area contributed by atoms with Crippen LogP contribution in [0.5, 0.6) is 0 Å². The Labute approximate surface area is 105 Å². The number of benzene rings is 1. The van der Waals surface area contributed by atoms with Crippen LogP contribution in [0, 0.1) is 0 Å². The third kappa shape index (κ3) is 4.33. The van der Waals surface area contributed by atoms with E-state index in [1.807, 2.05) is 25.1 Å². The first-order valence-electron chi connectivity index (χ1n) is 5.30. The van der Waals surface area contributed by atoms with E-state index >= 15 is 0 Å². The van der Waals surface area contributed by atoms with Crippen LogP contribution in [0.4, 0.5) is 5.69 Å². The highest BCUT2D eigenvalue weighted by molar-refractivity contribution is 9.10. The molecule has 0 bridgehead atoms. The fraction of sp³-hybridized carbons (Fsp3) is 0.417. The molecule has 1 atom stereocenters. The summed E-state index contributed by atoms with van der Waals surface area (Å²) in [6, 6.07) is 6.08. The Kier molecular flexibility index (Phi) is 4.96. The van der Waals surface area contributed by atoms with Gasteiger partial charge in [0.05, 0.1) is 0 Å². The van der Waals surface area contributed by atoms with Crippen LogP contribution >= 0.6 is 15.9 Å². The summed E-state index contributed by atoms with van der Waals surface area (Å²) < 4.78 is 0.959. The van der Waals surface area contributed by atoms with Gasteiger partial charge in [-0.05, 0) is 37.5 Å². The molecule has 16 heavy (non-hydrogen) atoms. The lowest BCUT2D eigenvalue weighted by Gasteiger charge is -2.11. The molecule has 0 aliphatic carbocycles. The number of rotatable bonds is 4. The van der Waals surface area contributed by atoms with Gasteiger partial charge in [0.25, 0.3) is 0 Å². The van der Waals surface area contributed by atoms with Gasteiger partial charge in [-0.3, -0.25) is 4.79 Å². The molecule has 0 aliphatic heterocycles. The smallest absolute Gasteiger partial charge is 0.221 e. The molecule has 1 rings (SSSR count). The first kappa shape index (κ1) is 13.2. The number of carbonyl (C=O) groups excluding carboxylic acids is 1. The van der Waals surface area contributed by atoms with Gasteiger partial charge >= 0.3 is 0 Å². The van der Waals surface area contributed by atoms with Crippen molar-refractivity contribution in [2.24, 2.45) is 5.73 Å². The van der Waals surface area contributed by atoms with Crippen LogP contribution < -0.4 is 11.1 Å². The van der Waals surface area contributed by atoms with Gasteiger partial charge in [0, 0.05) is 23.1 Å². The van der Waals surface area contributed by atoms with Crippen molar-refractivity contribution >= 4 is 27.5 Å². The maximum Gasteiger partial charge on any atom is 0.221 e. The number of hydrogen-bond acceptors (Lipinski definition) is 2. The number of halogens is 1. The minimum atomic E-state index is -0.0554. The van der Waals surface area contributed by atoms with Crippen molar-refractivity contribution in [3.05, 3.63) is 28.2 Å². The van der Waals surface area contributed by atoms with Crippen molar-refractivity contribution < 1.29 is 4.79 Å². The molecule has 1 amide bonds. The van der Waals surface area contributed by atoms with Crippen LogP contribution in [0.3, 0.4) is 0 Å². The van der Waals surface area contributed by atoms with Gasteiger partial charge in [0.1, 0.15) is 0 Å². The zero-order chi connectivity index (χ0) is 12.1. The molecular formula is C12H17BrN2O. The van der Waals surface area contributed by atoms with Gasteiger partial charge in [0.15, 0.2) is 0 Å². The summed E-state index contributed by atoms with van der Waals surface area (Å²) in [7, 11) is 0. The number of amides is 1. The second-order valence-electron chi connectivity index (χ2n) is 4.00. The van der Waals surface area contributed by atoms with Gasteiger partial charge in [-0.25, -0.2) is 0 Å². The molecule has 3 nitrogen and oxygen atoms in total. The summed E-state index contributed by atoms with van der Waals surface area (Å²) in [5.74, 6) is -0.0554. The van der Waals surface area contributed by atoms with Crippen molar-refractivity contribution in [1.29, 1.82) is 0 Å². The molecule has 1 aromatic carbocycles. The molecule has 0 aromatic heterocycles. The molecular weight excluding hydrogens is 268 g/mol. The summed E-state index contributed by atoms with van der Waals surface area (Å²) in [5, 5.41) is 2.83. The Morgan fingerprint density at radius 3 is 2.81 bits per heavy atom. The second kappa shape index (κ2) is 6.01. The monoisotopic (exact) mass is 284 g/mol. The van der Waals surface area contributed by atoms with Crippen LogP contribution in [-0.4, -0.2) is 11.9 Å². The lowest BCUT2D eigenvalue weighted by atomic mass is 10.0. The van der Waals surface area contributed by atoms with Gasteiger partial charge in [0.2, 0.25) is 5.91 Å². The van der Waals surface area contributed by atoms with Crippen molar-refractivity contribution in [3.63, 3.8) is 0 Å². The molecule has 0 aliphatic rings. The van der Waals surface area contributed by atoms with Gasteiger partial charge in [-0.2, -0.15) is 0 Å². The van der Waals surface area contributed by atoms with E-state index in [0.717, 1.165) is 28.6 Å². The van der Waals surface area contributed by atoms with E-state index in [1.54, 1.807) is 0 Å². The Balaban J connectivity index is 2.84. The van der Waals surface area contributed by atoms with Crippen molar-refractivity contribution in [3.8, 4) is 0 Å². The van der Waals surface area contributed by atoms with Gasteiger partial charge < -0.3 is 11.1 Å². The van der Waals surface area contributed by atoms with Crippen LogP contribution in [0.2, 0.25) is 0 Å². The second-order valence-corrected chi connectivity index (χ2v) is 4.91. The summed E-state index contributed by atoms with van der Waals surface area (Å²) >= 11 is 3.39. The fourth-order valence-corrected chi connectivity index (χ4v) is 1.82. The third-order valence-corrected chi connectivity index (χ3v) is 2.74. The number of hydrogen-bond donors (Lipinski definition) is 2. The SMILES string of the molecule is CC(=O)Nc1cc(Br)ccc1CCC(C)N. The lowest BCUT2D eigenvalue weighted by Crippen LogP contribution is -2.16. The Morgan fingerprint density at radius 2 is 2.25 bits per heavy atom. The van der Waals surface area contributed by atoms with E-state index < -0.39 is 0 Å². The van der Waals surface area contributed by atoms with E-state index in [1.165, 1.54) is 6.92 Å². The molecule has 0 spiro atoms. The van der Waals surface area contributed by atoms with Gasteiger partial charge in [-0.15, -0.1) is 0 Å². The van der Waals surface area contributed by atoms with Crippen molar-refractivity contribution in [2.75, 3.05) is 5.32 Å². The highest BCUT2D eigenvalue weighted by atomic mass is 79.9. The largest absolute Gasteiger partial charge is 0.328 e. The number of nitrogens with one attached hydrogen (secondary N) is 1. The molecule has 3 N–H and O–H groups in total. The summed E-state index contributed by atoms with van der Waals surface area (Å²) in [4.78, 5) is 11.1. The van der Waals surface area contributed by atoms with Crippen LogP contribution in [-0.2, 0) is 11.2 Å². The summed E-state index contributed by atoms with van der Waals surface area (Å²) in [5.41, 5.74) is 7.71. The molecule has 88 valence electrons. The predicted molar refractivity (Wildman–Crippen MR) is 70.4 cm³/mol. The van der Waals surface area contributed by atoms with E-state index in [0.29, 0.717) is 0 Å². The fourth-order valence-electron chi connectivity index (χ4n) is 1.46. The number of anilines is 1. The molecule has 0 saturated heterocycles. The average Bonchev–Trinajstić information content (AvgIpc) is 2.15. The molecule has 1 aromatic rings. The summed E-state index contributed by atoms with van der Waals surface area (Å²) in [6.45, 7) is 3.49. The topological polar surface area (TPSA) is 55.1 Å². The van der Waals surface area contributed by atoms with Crippen molar-refractivity contribution in [1.82, 2.24) is 0 Å². The zero-order valence-electron chi connectivity index (χ0n) is 9.59. The zero-order valence-corrected chi connectivity index (χ0v) is 11.2. The lowest BCUT2D eigenvalue weighted by molar-refractivity contribution is -0.114. The van der Waals surface area contributed by atoms with E-state index in [-0.39, 0.29) is 11.9 Å². The van der Waals surface area contributed by atoms with Crippen LogP contribution in [0.25, 0.3) is 0 Å². The Bertz CT molecular complexity index is 377. The molecule has 0 heterocycles. The maximum absolute atomic E-state index is 11.1. The first-order chi connectivity index (χ1) is 7.49. The highest BCUT2D eigenvalue weighted by Gasteiger charge is 2.06. The maximum atomic E-state index is 11.1. The third-order valence-electron chi connectivity index (χ3n) is 2.25. The van der Waals surface area contributed by atoms with Crippen LogP contribution in [0.15, 0.2) is 22.7 Å². The predicted octanol–water partition coefficient (Wildman–Crippen LogP) is 2.69. The van der Waals surface area contributed by atoms with E-state index in [4.69, 9.17) is 5.73 Å². The molecule has 4 heteroatoms. The Morgan fingerprint density at radius 1 is 1.56 bits per heavy atom. The number of aryl methyl sites for hydroxylation is 1. The standard InChI is InChI=1S/C12H17BrN2O/c1-8(14)3-4-10-5-6-11(13)7-12(10)15-9(2)16/h5-8H,3-4,14H2,1-2H3,(H,15,16). The number of nitrogens with two attached hydrogens (primary N) is 1. The minimum absolute atomic E-state index is 0.0554.